The third-order valence-corrected chi connectivity index (χ3v) is 3.87. The van der Waals surface area contributed by atoms with Gasteiger partial charge in [0.2, 0.25) is 5.91 Å². The molecule has 2 unspecified atom stereocenters. The summed E-state index contributed by atoms with van der Waals surface area (Å²) in [5, 5.41) is 6.26. The maximum Gasteiger partial charge on any atom is 0.238 e. The Balaban J connectivity index is 1.92. The highest BCUT2D eigenvalue weighted by atomic mass is 32.2. The van der Waals surface area contributed by atoms with E-state index in [-0.39, 0.29) is 18.0 Å². The summed E-state index contributed by atoms with van der Waals surface area (Å²) in [4.78, 5) is 19.3. The van der Waals surface area contributed by atoms with Gasteiger partial charge in [0, 0.05) is 30.4 Å². The Labute approximate surface area is 105 Å². The van der Waals surface area contributed by atoms with Crippen molar-refractivity contribution in [2.75, 3.05) is 18.1 Å². The van der Waals surface area contributed by atoms with Crippen LogP contribution in [0.4, 0.5) is 0 Å². The Morgan fingerprint density at radius 1 is 1.76 bits per heavy atom. The lowest BCUT2D eigenvalue weighted by Gasteiger charge is -2.24. The van der Waals surface area contributed by atoms with Crippen LogP contribution in [0.3, 0.4) is 0 Å². The van der Waals surface area contributed by atoms with Crippen molar-refractivity contribution in [3.63, 3.8) is 0 Å². The zero-order valence-electron chi connectivity index (χ0n) is 9.90. The van der Waals surface area contributed by atoms with E-state index in [1.165, 1.54) is 0 Å². The number of hydrogen-bond donors (Lipinski definition) is 3. The lowest BCUT2D eigenvalue weighted by Crippen LogP contribution is -2.49. The van der Waals surface area contributed by atoms with Crippen LogP contribution >= 0.6 is 11.8 Å². The molecule has 1 aromatic rings. The monoisotopic (exact) mass is 254 g/mol. The highest BCUT2D eigenvalue weighted by Crippen LogP contribution is 2.13. The summed E-state index contributed by atoms with van der Waals surface area (Å²) in [6, 6.07) is -0.0935. The molecular weight excluding hydrogens is 236 g/mol. The Hall–Kier alpha value is -1.01. The lowest BCUT2D eigenvalue weighted by molar-refractivity contribution is -0.123. The third-order valence-electron chi connectivity index (χ3n) is 2.81. The molecule has 1 amide bonds. The SMILES string of the molecule is CCC(NC(=O)C1CSCCN1)c1ncc[nH]1. The van der Waals surface area contributed by atoms with Crippen molar-refractivity contribution in [3.05, 3.63) is 18.2 Å². The molecule has 2 rings (SSSR count). The zero-order chi connectivity index (χ0) is 12.1. The number of carbonyl (C=O) groups excluding carboxylic acids is 1. The molecule has 94 valence electrons. The molecular formula is C11H18N4OS. The second-order valence-electron chi connectivity index (χ2n) is 4.03. The normalized spacial score (nSPS) is 22.1. The summed E-state index contributed by atoms with van der Waals surface area (Å²) >= 11 is 1.82. The molecule has 6 heteroatoms. The van der Waals surface area contributed by atoms with Crippen LogP contribution in [-0.2, 0) is 4.79 Å². The molecule has 1 saturated heterocycles. The van der Waals surface area contributed by atoms with Crippen molar-refractivity contribution >= 4 is 17.7 Å². The number of carbonyl (C=O) groups is 1. The highest BCUT2D eigenvalue weighted by molar-refractivity contribution is 7.99. The van der Waals surface area contributed by atoms with Gasteiger partial charge in [-0.05, 0) is 6.42 Å². The topological polar surface area (TPSA) is 69.8 Å². The van der Waals surface area contributed by atoms with Gasteiger partial charge in [-0.25, -0.2) is 4.98 Å². The van der Waals surface area contributed by atoms with Crippen LogP contribution in [0.1, 0.15) is 25.2 Å². The van der Waals surface area contributed by atoms with Crippen molar-refractivity contribution in [1.82, 2.24) is 20.6 Å². The van der Waals surface area contributed by atoms with Crippen molar-refractivity contribution in [3.8, 4) is 0 Å². The molecule has 1 aromatic heterocycles. The second kappa shape index (κ2) is 6.07. The molecule has 1 aliphatic rings. The third kappa shape index (κ3) is 3.23. The summed E-state index contributed by atoms with van der Waals surface area (Å²) in [6.45, 7) is 2.94. The smallest absolute Gasteiger partial charge is 0.238 e. The maximum absolute atomic E-state index is 12.0. The minimum Gasteiger partial charge on any atom is -0.347 e. The summed E-state index contributed by atoms with van der Waals surface area (Å²) in [5.74, 6) is 2.82. The van der Waals surface area contributed by atoms with Gasteiger partial charge in [0.1, 0.15) is 5.82 Å². The molecule has 5 nitrogen and oxygen atoms in total. The van der Waals surface area contributed by atoms with E-state index in [9.17, 15) is 4.79 Å². The molecule has 2 heterocycles. The minimum absolute atomic E-state index is 0.0220. The average Bonchev–Trinajstić information content (AvgIpc) is 2.90. The fourth-order valence-electron chi connectivity index (χ4n) is 1.84. The van der Waals surface area contributed by atoms with Gasteiger partial charge in [-0.2, -0.15) is 11.8 Å². The predicted octanol–water partition coefficient (Wildman–Crippen LogP) is 0.682. The molecule has 1 aliphatic heterocycles. The van der Waals surface area contributed by atoms with E-state index in [4.69, 9.17) is 0 Å². The number of H-pyrrole nitrogens is 1. The molecule has 3 N–H and O–H groups in total. The van der Waals surface area contributed by atoms with E-state index in [0.717, 1.165) is 30.3 Å². The Morgan fingerprint density at radius 3 is 3.24 bits per heavy atom. The summed E-state index contributed by atoms with van der Waals surface area (Å²) in [5.41, 5.74) is 0. The molecule has 0 aliphatic carbocycles. The molecule has 2 atom stereocenters. The molecule has 1 fully saturated rings. The van der Waals surface area contributed by atoms with Crippen LogP contribution in [-0.4, -0.2) is 40.0 Å². The zero-order valence-corrected chi connectivity index (χ0v) is 10.7. The molecule has 0 saturated carbocycles. The molecule has 0 radical (unpaired) electrons. The molecule has 0 bridgehead atoms. The van der Waals surface area contributed by atoms with Gasteiger partial charge in [-0.15, -0.1) is 0 Å². The van der Waals surface area contributed by atoms with E-state index in [1.807, 2.05) is 18.7 Å². The Kier molecular flexibility index (Phi) is 4.44. The number of rotatable bonds is 4. The fraction of sp³-hybridized carbons (Fsp3) is 0.636. The number of nitrogens with one attached hydrogen (secondary N) is 3. The minimum atomic E-state index is -0.0715. The van der Waals surface area contributed by atoms with E-state index in [2.05, 4.69) is 20.6 Å². The van der Waals surface area contributed by atoms with E-state index in [1.54, 1.807) is 12.4 Å². The Bertz CT molecular complexity index is 348. The molecule has 0 aromatic carbocycles. The van der Waals surface area contributed by atoms with Crippen LogP contribution in [0.2, 0.25) is 0 Å². The van der Waals surface area contributed by atoms with Crippen molar-refractivity contribution in [2.45, 2.75) is 25.4 Å². The predicted molar refractivity (Wildman–Crippen MR) is 68.9 cm³/mol. The number of hydrogen-bond acceptors (Lipinski definition) is 4. The number of nitrogens with zero attached hydrogens (tertiary/aromatic N) is 1. The van der Waals surface area contributed by atoms with Crippen molar-refractivity contribution in [2.24, 2.45) is 0 Å². The number of aromatic amines is 1. The van der Waals surface area contributed by atoms with Gasteiger partial charge < -0.3 is 15.6 Å². The summed E-state index contributed by atoms with van der Waals surface area (Å²) < 4.78 is 0. The number of aromatic nitrogens is 2. The summed E-state index contributed by atoms with van der Waals surface area (Å²) in [7, 11) is 0. The summed E-state index contributed by atoms with van der Waals surface area (Å²) in [6.07, 6.45) is 4.32. The largest absolute Gasteiger partial charge is 0.347 e. The number of imidazole rings is 1. The van der Waals surface area contributed by atoms with E-state index >= 15 is 0 Å². The molecule has 0 spiro atoms. The first-order valence-corrected chi connectivity index (χ1v) is 7.07. The highest BCUT2D eigenvalue weighted by Gasteiger charge is 2.23. The van der Waals surface area contributed by atoms with E-state index in [0.29, 0.717) is 0 Å². The van der Waals surface area contributed by atoms with Crippen LogP contribution < -0.4 is 10.6 Å². The number of thioether (sulfide) groups is 1. The average molecular weight is 254 g/mol. The first kappa shape index (κ1) is 12.4. The molecule has 17 heavy (non-hydrogen) atoms. The quantitative estimate of drug-likeness (QED) is 0.739. The van der Waals surface area contributed by atoms with Crippen LogP contribution in [0, 0.1) is 0 Å². The van der Waals surface area contributed by atoms with Gasteiger partial charge >= 0.3 is 0 Å². The van der Waals surface area contributed by atoms with Gasteiger partial charge in [0.15, 0.2) is 0 Å². The second-order valence-corrected chi connectivity index (χ2v) is 5.18. The fourth-order valence-corrected chi connectivity index (χ4v) is 2.77. The van der Waals surface area contributed by atoms with Gasteiger partial charge in [-0.1, -0.05) is 6.92 Å². The van der Waals surface area contributed by atoms with Crippen molar-refractivity contribution in [1.29, 1.82) is 0 Å². The van der Waals surface area contributed by atoms with Gasteiger partial charge in [0.25, 0.3) is 0 Å². The first-order chi connectivity index (χ1) is 8.31. The van der Waals surface area contributed by atoms with Crippen LogP contribution in [0.25, 0.3) is 0 Å². The number of amides is 1. The maximum atomic E-state index is 12.0. The Morgan fingerprint density at radius 2 is 2.65 bits per heavy atom. The first-order valence-electron chi connectivity index (χ1n) is 5.92. The van der Waals surface area contributed by atoms with Crippen LogP contribution in [0.5, 0.6) is 0 Å². The van der Waals surface area contributed by atoms with Crippen LogP contribution in [0.15, 0.2) is 12.4 Å². The standard InChI is InChI=1S/C11H18N4OS/c1-2-8(10-13-3-4-14-10)15-11(16)9-7-17-6-5-12-9/h3-4,8-9,12H,2,5-7H2,1H3,(H,13,14)(H,15,16). The van der Waals surface area contributed by atoms with E-state index < -0.39 is 0 Å². The van der Waals surface area contributed by atoms with Gasteiger partial charge in [0.05, 0.1) is 12.1 Å². The van der Waals surface area contributed by atoms with Gasteiger partial charge in [-0.3, -0.25) is 4.79 Å². The van der Waals surface area contributed by atoms with Crippen molar-refractivity contribution < 1.29 is 4.79 Å². The lowest BCUT2D eigenvalue weighted by atomic mass is 10.2.